The van der Waals surface area contributed by atoms with E-state index >= 15 is 0 Å². The Bertz CT molecular complexity index is 305. The van der Waals surface area contributed by atoms with Gasteiger partial charge in [-0.3, -0.25) is 4.98 Å². The van der Waals surface area contributed by atoms with E-state index in [4.69, 9.17) is 0 Å². The molecule has 0 spiro atoms. The van der Waals surface area contributed by atoms with Gasteiger partial charge in [0.2, 0.25) is 0 Å². The molecule has 0 aliphatic heterocycles. The van der Waals surface area contributed by atoms with Crippen LogP contribution in [-0.4, -0.2) is 4.98 Å². The van der Waals surface area contributed by atoms with Crippen LogP contribution in [0, 0.1) is 13.8 Å². The minimum absolute atomic E-state index is 0.346. The minimum atomic E-state index is -0.462. The Kier molecular flexibility index (Phi) is 3.02. The molecule has 0 N–H and O–H groups in total. The summed E-state index contributed by atoms with van der Waals surface area (Å²) >= 11 is 0. The predicted octanol–water partition coefficient (Wildman–Crippen LogP) is 3.29. The van der Waals surface area contributed by atoms with Crippen molar-refractivity contribution in [3.05, 3.63) is 28.6 Å². The first-order valence-electron chi connectivity index (χ1n) is 4.59. The van der Waals surface area contributed by atoms with Crippen molar-refractivity contribution in [2.24, 2.45) is 0 Å². The Morgan fingerprint density at radius 1 is 1.38 bits per heavy atom. The van der Waals surface area contributed by atoms with Gasteiger partial charge in [-0.25, -0.2) is 4.39 Å². The van der Waals surface area contributed by atoms with Crippen LogP contribution < -0.4 is 0 Å². The molecule has 1 aromatic heterocycles. The molecule has 1 nitrogen and oxygen atoms in total. The molecule has 0 aromatic carbocycles. The topological polar surface area (TPSA) is 12.9 Å². The number of rotatable bonds is 2. The number of alkyl halides is 1. The molecule has 1 rings (SSSR count). The Morgan fingerprint density at radius 3 is 2.46 bits per heavy atom. The maximum Gasteiger partial charge on any atom is 0.132 e. The van der Waals surface area contributed by atoms with Gasteiger partial charge in [0.1, 0.15) is 6.67 Å². The maximum absolute atomic E-state index is 12.6. The normalized spacial score (nSPS) is 10.9. The van der Waals surface area contributed by atoms with Crippen molar-refractivity contribution in [2.45, 2.75) is 40.3 Å². The standard InChI is InChI=1S/C11H16FN/c1-7(2)11-8(3)5-9(4)13-10(11)6-12/h5,7H,6H2,1-4H3. The van der Waals surface area contributed by atoms with Crippen LogP contribution in [0.3, 0.4) is 0 Å². The number of pyridine rings is 1. The summed E-state index contributed by atoms with van der Waals surface area (Å²) in [5.41, 5.74) is 3.71. The lowest BCUT2D eigenvalue weighted by Crippen LogP contribution is -2.02. The molecule has 0 radical (unpaired) electrons. The molecule has 1 aromatic rings. The summed E-state index contributed by atoms with van der Waals surface area (Å²) in [4.78, 5) is 4.20. The van der Waals surface area contributed by atoms with E-state index in [0.717, 1.165) is 16.8 Å². The minimum Gasteiger partial charge on any atom is -0.255 e. The molecule has 72 valence electrons. The van der Waals surface area contributed by atoms with Crippen molar-refractivity contribution < 1.29 is 4.39 Å². The van der Waals surface area contributed by atoms with Crippen LogP contribution in [0.15, 0.2) is 6.07 Å². The second-order valence-electron chi connectivity index (χ2n) is 3.73. The zero-order chi connectivity index (χ0) is 10.0. The third-order valence-corrected chi connectivity index (χ3v) is 2.18. The second kappa shape index (κ2) is 3.86. The van der Waals surface area contributed by atoms with Crippen LogP contribution in [0.2, 0.25) is 0 Å². The first-order valence-corrected chi connectivity index (χ1v) is 4.59. The molecule has 0 amide bonds. The molecular weight excluding hydrogens is 165 g/mol. The third-order valence-electron chi connectivity index (χ3n) is 2.18. The molecule has 1 heterocycles. The summed E-state index contributed by atoms with van der Waals surface area (Å²) in [6.45, 7) is 7.59. The Labute approximate surface area is 79.0 Å². The zero-order valence-electron chi connectivity index (χ0n) is 8.69. The van der Waals surface area contributed by atoms with E-state index in [0.29, 0.717) is 11.6 Å². The lowest BCUT2D eigenvalue weighted by atomic mass is 9.96. The highest BCUT2D eigenvalue weighted by Gasteiger charge is 2.11. The Balaban J connectivity index is 3.30. The highest BCUT2D eigenvalue weighted by Crippen LogP contribution is 2.23. The molecule has 0 unspecified atom stereocenters. The highest BCUT2D eigenvalue weighted by molar-refractivity contribution is 5.33. The van der Waals surface area contributed by atoms with Gasteiger partial charge in [0.15, 0.2) is 0 Å². The van der Waals surface area contributed by atoms with E-state index in [2.05, 4.69) is 18.8 Å². The third kappa shape index (κ3) is 2.06. The van der Waals surface area contributed by atoms with Crippen molar-refractivity contribution in [3.8, 4) is 0 Å². The van der Waals surface area contributed by atoms with Gasteiger partial charge >= 0.3 is 0 Å². The average Bonchev–Trinajstić information content (AvgIpc) is 2.01. The van der Waals surface area contributed by atoms with Crippen LogP contribution in [-0.2, 0) is 6.67 Å². The van der Waals surface area contributed by atoms with E-state index in [1.165, 1.54) is 0 Å². The van der Waals surface area contributed by atoms with E-state index in [1.54, 1.807) is 0 Å². The Morgan fingerprint density at radius 2 is 2.00 bits per heavy atom. The van der Waals surface area contributed by atoms with Crippen LogP contribution in [0.4, 0.5) is 4.39 Å². The SMILES string of the molecule is Cc1cc(C)c(C(C)C)c(CF)n1. The number of halogens is 1. The largest absolute Gasteiger partial charge is 0.255 e. The predicted molar refractivity (Wildman–Crippen MR) is 52.6 cm³/mol. The smallest absolute Gasteiger partial charge is 0.132 e. The number of hydrogen-bond donors (Lipinski definition) is 0. The van der Waals surface area contributed by atoms with Crippen LogP contribution in [0.1, 0.15) is 42.3 Å². The summed E-state index contributed by atoms with van der Waals surface area (Å²) in [5, 5.41) is 0. The van der Waals surface area contributed by atoms with Crippen LogP contribution in [0.25, 0.3) is 0 Å². The second-order valence-corrected chi connectivity index (χ2v) is 3.73. The summed E-state index contributed by atoms with van der Waals surface area (Å²) in [7, 11) is 0. The molecule has 0 saturated heterocycles. The van der Waals surface area contributed by atoms with E-state index < -0.39 is 6.67 Å². The number of nitrogens with zero attached hydrogens (tertiary/aromatic N) is 1. The molecule has 13 heavy (non-hydrogen) atoms. The van der Waals surface area contributed by atoms with Crippen molar-refractivity contribution in [1.82, 2.24) is 4.98 Å². The van der Waals surface area contributed by atoms with Gasteiger partial charge in [-0.1, -0.05) is 13.8 Å². The fourth-order valence-corrected chi connectivity index (χ4v) is 1.81. The van der Waals surface area contributed by atoms with Crippen molar-refractivity contribution in [2.75, 3.05) is 0 Å². The number of hydrogen-bond acceptors (Lipinski definition) is 1. The van der Waals surface area contributed by atoms with Gasteiger partial charge in [-0.15, -0.1) is 0 Å². The fraction of sp³-hybridized carbons (Fsp3) is 0.545. The quantitative estimate of drug-likeness (QED) is 0.682. The van der Waals surface area contributed by atoms with Crippen molar-refractivity contribution >= 4 is 0 Å². The van der Waals surface area contributed by atoms with E-state index in [-0.39, 0.29) is 0 Å². The summed E-state index contributed by atoms with van der Waals surface area (Å²) < 4.78 is 12.6. The molecule has 2 heteroatoms. The first kappa shape index (κ1) is 10.2. The first-order chi connectivity index (χ1) is 6.06. The average molecular weight is 181 g/mol. The summed E-state index contributed by atoms with van der Waals surface area (Å²) in [5.74, 6) is 0.346. The highest BCUT2D eigenvalue weighted by atomic mass is 19.1. The molecule has 0 atom stereocenters. The Hall–Kier alpha value is -0.920. The van der Waals surface area contributed by atoms with Gasteiger partial charge in [-0.2, -0.15) is 0 Å². The monoisotopic (exact) mass is 181 g/mol. The lowest BCUT2D eigenvalue weighted by molar-refractivity contribution is 0.469. The van der Waals surface area contributed by atoms with Gasteiger partial charge in [-0.05, 0) is 37.0 Å². The summed E-state index contributed by atoms with van der Waals surface area (Å²) in [6, 6.07) is 2.01. The van der Waals surface area contributed by atoms with Crippen LogP contribution >= 0.6 is 0 Å². The number of aryl methyl sites for hydroxylation is 2. The lowest BCUT2D eigenvalue weighted by Gasteiger charge is -2.13. The maximum atomic E-state index is 12.6. The van der Waals surface area contributed by atoms with Crippen molar-refractivity contribution in [3.63, 3.8) is 0 Å². The molecule has 0 saturated carbocycles. The molecule has 0 aliphatic rings. The van der Waals surface area contributed by atoms with Gasteiger partial charge < -0.3 is 0 Å². The number of aromatic nitrogens is 1. The van der Waals surface area contributed by atoms with Gasteiger partial charge in [0.25, 0.3) is 0 Å². The van der Waals surface area contributed by atoms with E-state index in [9.17, 15) is 4.39 Å². The van der Waals surface area contributed by atoms with Gasteiger partial charge in [0, 0.05) is 5.69 Å². The summed E-state index contributed by atoms with van der Waals surface area (Å²) in [6.07, 6.45) is 0. The molecule has 0 fully saturated rings. The molecule has 0 aliphatic carbocycles. The molecular formula is C11H16FN. The van der Waals surface area contributed by atoms with Gasteiger partial charge in [0.05, 0.1) is 5.69 Å². The van der Waals surface area contributed by atoms with E-state index in [1.807, 2.05) is 19.9 Å². The van der Waals surface area contributed by atoms with Crippen molar-refractivity contribution in [1.29, 1.82) is 0 Å². The van der Waals surface area contributed by atoms with Crippen LogP contribution in [0.5, 0.6) is 0 Å². The zero-order valence-corrected chi connectivity index (χ0v) is 8.69. The molecule has 0 bridgehead atoms. The fourth-order valence-electron chi connectivity index (χ4n) is 1.81.